The van der Waals surface area contributed by atoms with Crippen LogP contribution in [0.2, 0.25) is 0 Å². The summed E-state index contributed by atoms with van der Waals surface area (Å²) in [5.74, 6) is -0.163. The second-order valence-electron chi connectivity index (χ2n) is 5.04. The first kappa shape index (κ1) is 12.8. The van der Waals surface area contributed by atoms with Crippen molar-refractivity contribution in [3.8, 4) is 0 Å². The lowest BCUT2D eigenvalue weighted by Gasteiger charge is -2.24. The van der Waals surface area contributed by atoms with E-state index in [0.717, 1.165) is 30.2 Å². The summed E-state index contributed by atoms with van der Waals surface area (Å²) in [5, 5.41) is 3.25. The molecule has 100 valence electrons. The third kappa shape index (κ3) is 2.85. The lowest BCUT2D eigenvalue weighted by atomic mass is 10.0. The van der Waals surface area contributed by atoms with Gasteiger partial charge in [-0.05, 0) is 44.0 Å². The van der Waals surface area contributed by atoms with Gasteiger partial charge in [0, 0.05) is 18.0 Å². The molecule has 0 bridgehead atoms. The minimum absolute atomic E-state index is 0.163. The van der Waals surface area contributed by atoms with Gasteiger partial charge in [0.25, 0.3) is 0 Å². The molecule has 1 saturated heterocycles. The highest BCUT2D eigenvalue weighted by Gasteiger charge is 2.26. The van der Waals surface area contributed by atoms with Gasteiger partial charge in [0.05, 0.1) is 10.7 Å². The first-order valence-corrected chi connectivity index (χ1v) is 7.51. The fourth-order valence-corrected chi connectivity index (χ4v) is 3.37. The molecular weight excluding hydrogens is 259 g/mol. The lowest BCUT2D eigenvalue weighted by Crippen LogP contribution is -2.22. The van der Waals surface area contributed by atoms with Crippen molar-refractivity contribution in [3.63, 3.8) is 0 Å². The van der Waals surface area contributed by atoms with Crippen molar-refractivity contribution in [3.05, 3.63) is 51.7 Å². The van der Waals surface area contributed by atoms with Crippen molar-refractivity contribution in [2.45, 2.75) is 32.4 Å². The number of thiazole rings is 1. The SMILES string of the molecule is Cc1nc(CN2CCC[C@@H]2c2ccc(F)cc2)cs1. The Balaban J connectivity index is 1.76. The second-order valence-corrected chi connectivity index (χ2v) is 6.10. The standard InChI is InChI=1S/C15H17FN2S/c1-11-17-14(10-19-11)9-18-8-2-3-15(18)12-4-6-13(16)7-5-12/h4-7,10,15H,2-3,8-9H2,1H3/t15-/m1/s1. The van der Waals surface area contributed by atoms with Gasteiger partial charge >= 0.3 is 0 Å². The molecule has 1 fully saturated rings. The summed E-state index contributed by atoms with van der Waals surface area (Å²) in [6, 6.07) is 7.33. The van der Waals surface area contributed by atoms with Crippen LogP contribution < -0.4 is 0 Å². The summed E-state index contributed by atoms with van der Waals surface area (Å²) >= 11 is 1.70. The van der Waals surface area contributed by atoms with Gasteiger partial charge in [-0.1, -0.05) is 12.1 Å². The van der Waals surface area contributed by atoms with E-state index in [1.54, 1.807) is 23.5 Å². The van der Waals surface area contributed by atoms with E-state index in [0.29, 0.717) is 6.04 Å². The Morgan fingerprint density at radius 2 is 2.16 bits per heavy atom. The van der Waals surface area contributed by atoms with Crippen molar-refractivity contribution in [1.82, 2.24) is 9.88 Å². The summed E-state index contributed by atoms with van der Waals surface area (Å²) < 4.78 is 13.0. The van der Waals surface area contributed by atoms with Gasteiger partial charge in [0.1, 0.15) is 5.82 Å². The van der Waals surface area contributed by atoms with Crippen LogP contribution in [0.15, 0.2) is 29.6 Å². The van der Waals surface area contributed by atoms with E-state index < -0.39 is 0 Å². The van der Waals surface area contributed by atoms with E-state index in [9.17, 15) is 4.39 Å². The van der Waals surface area contributed by atoms with Crippen molar-refractivity contribution in [1.29, 1.82) is 0 Å². The molecule has 0 amide bonds. The van der Waals surface area contributed by atoms with Gasteiger partial charge < -0.3 is 0 Å². The van der Waals surface area contributed by atoms with Crippen molar-refractivity contribution in [2.24, 2.45) is 0 Å². The minimum Gasteiger partial charge on any atom is -0.290 e. The van der Waals surface area contributed by atoms with Crippen LogP contribution in [0.5, 0.6) is 0 Å². The van der Waals surface area contributed by atoms with Gasteiger partial charge in [-0.3, -0.25) is 4.90 Å². The highest BCUT2D eigenvalue weighted by atomic mass is 32.1. The Morgan fingerprint density at radius 1 is 1.37 bits per heavy atom. The second kappa shape index (κ2) is 5.39. The average Bonchev–Trinajstić information content (AvgIpc) is 3.00. The number of nitrogens with zero attached hydrogens (tertiary/aromatic N) is 2. The van der Waals surface area contributed by atoms with Gasteiger partial charge in [0.15, 0.2) is 0 Å². The topological polar surface area (TPSA) is 16.1 Å². The number of aryl methyl sites for hydroxylation is 1. The molecule has 1 aliphatic rings. The van der Waals surface area contributed by atoms with Gasteiger partial charge in [-0.2, -0.15) is 0 Å². The predicted molar refractivity (Wildman–Crippen MR) is 75.6 cm³/mol. The maximum absolute atomic E-state index is 13.0. The van der Waals surface area contributed by atoms with Crippen molar-refractivity contribution < 1.29 is 4.39 Å². The zero-order valence-corrected chi connectivity index (χ0v) is 11.8. The maximum Gasteiger partial charge on any atom is 0.123 e. The van der Waals surface area contributed by atoms with Crippen LogP contribution in [-0.2, 0) is 6.54 Å². The molecule has 1 aromatic heterocycles. The number of benzene rings is 1. The van der Waals surface area contributed by atoms with Crippen LogP contribution in [0.25, 0.3) is 0 Å². The molecule has 1 aromatic carbocycles. The number of aromatic nitrogens is 1. The predicted octanol–water partition coefficient (Wildman–Crippen LogP) is 3.93. The fourth-order valence-electron chi connectivity index (χ4n) is 2.77. The Morgan fingerprint density at radius 3 is 2.84 bits per heavy atom. The van der Waals surface area contributed by atoms with Gasteiger partial charge in [-0.15, -0.1) is 11.3 Å². The van der Waals surface area contributed by atoms with E-state index in [2.05, 4.69) is 15.3 Å². The average molecular weight is 276 g/mol. The largest absolute Gasteiger partial charge is 0.290 e. The van der Waals surface area contributed by atoms with Crippen LogP contribution in [-0.4, -0.2) is 16.4 Å². The van der Waals surface area contributed by atoms with Crippen molar-refractivity contribution in [2.75, 3.05) is 6.54 Å². The quantitative estimate of drug-likeness (QED) is 0.844. The molecule has 2 aromatic rings. The zero-order chi connectivity index (χ0) is 13.2. The van der Waals surface area contributed by atoms with E-state index in [-0.39, 0.29) is 5.82 Å². The van der Waals surface area contributed by atoms with Crippen LogP contribution in [0.4, 0.5) is 4.39 Å². The molecular formula is C15H17FN2S. The number of hydrogen-bond donors (Lipinski definition) is 0. The number of halogens is 1. The monoisotopic (exact) mass is 276 g/mol. The first-order valence-electron chi connectivity index (χ1n) is 6.63. The summed E-state index contributed by atoms with van der Waals surface area (Å²) in [5.41, 5.74) is 2.36. The molecule has 2 heterocycles. The molecule has 0 radical (unpaired) electrons. The summed E-state index contributed by atoms with van der Waals surface area (Å²) in [6.45, 7) is 4.03. The van der Waals surface area contributed by atoms with E-state index in [4.69, 9.17) is 0 Å². The fraction of sp³-hybridized carbons (Fsp3) is 0.400. The van der Waals surface area contributed by atoms with Gasteiger partial charge in [0.2, 0.25) is 0 Å². The highest BCUT2D eigenvalue weighted by molar-refractivity contribution is 7.09. The summed E-state index contributed by atoms with van der Waals surface area (Å²) in [7, 11) is 0. The molecule has 4 heteroatoms. The molecule has 0 aliphatic carbocycles. The van der Waals surface area contributed by atoms with E-state index in [1.807, 2.05) is 19.1 Å². The van der Waals surface area contributed by atoms with Crippen LogP contribution in [0.3, 0.4) is 0 Å². The molecule has 19 heavy (non-hydrogen) atoms. The molecule has 0 spiro atoms. The van der Waals surface area contributed by atoms with E-state index >= 15 is 0 Å². The van der Waals surface area contributed by atoms with Crippen LogP contribution in [0.1, 0.15) is 35.1 Å². The van der Waals surface area contributed by atoms with Gasteiger partial charge in [-0.25, -0.2) is 9.37 Å². The number of hydrogen-bond acceptors (Lipinski definition) is 3. The zero-order valence-electron chi connectivity index (χ0n) is 11.0. The third-order valence-corrected chi connectivity index (χ3v) is 4.47. The number of likely N-dealkylation sites (tertiary alicyclic amines) is 1. The van der Waals surface area contributed by atoms with E-state index in [1.165, 1.54) is 12.0 Å². The molecule has 0 unspecified atom stereocenters. The lowest BCUT2D eigenvalue weighted by molar-refractivity contribution is 0.246. The summed E-state index contributed by atoms with van der Waals surface area (Å²) in [4.78, 5) is 6.98. The molecule has 3 rings (SSSR count). The van der Waals surface area contributed by atoms with Crippen molar-refractivity contribution >= 4 is 11.3 Å². The Bertz CT molecular complexity index is 550. The molecule has 2 nitrogen and oxygen atoms in total. The van der Waals surface area contributed by atoms with Crippen LogP contribution >= 0.6 is 11.3 Å². The molecule has 0 N–H and O–H groups in total. The molecule has 1 aliphatic heterocycles. The Labute approximate surface area is 116 Å². The summed E-state index contributed by atoms with van der Waals surface area (Å²) in [6.07, 6.45) is 2.35. The Hall–Kier alpha value is -1.26. The Kier molecular flexibility index (Phi) is 3.62. The molecule has 1 atom stereocenters. The highest BCUT2D eigenvalue weighted by Crippen LogP contribution is 2.33. The van der Waals surface area contributed by atoms with Crippen LogP contribution in [0, 0.1) is 12.7 Å². The smallest absolute Gasteiger partial charge is 0.123 e. The maximum atomic E-state index is 13.0. The first-order chi connectivity index (χ1) is 9.22. The third-order valence-electron chi connectivity index (χ3n) is 3.65. The minimum atomic E-state index is -0.163. The molecule has 0 saturated carbocycles. The normalized spacial score (nSPS) is 20.0. The number of rotatable bonds is 3.